The molecule has 1 heterocycles. The minimum absolute atomic E-state index is 0.0269. The highest BCUT2D eigenvalue weighted by Gasteiger charge is 2.00. The zero-order valence-corrected chi connectivity index (χ0v) is 9.29. The number of nitrogens with one attached hydrogen (secondary N) is 3. The third-order valence-electron chi connectivity index (χ3n) is 1.93. The van der Waals surface area contributed by atoms with Crippen LogP contribution < -0.4 is 21.9 Å². The maximum Gasteiger partial charge on any atom is 0.239 e. The summed E-state index contributed by atoms with van der Waals surface area (Å²) in [5, 5.41) is 5.75. The van der Waals surface area contributed by atoms with E-state index in [0.717, 1.165) is 12.1 Å². The van der Waals surface area contributed by atoms with Gasteiger partial charge in [-0.1, -0.05) is 6.92 Å². The number of hydrazine groups is 1. The Kier molecular flexibility index (Phi) is 5.07. The van der Waals surface area contributed by atoms with E-state index in [-0.39, 0.29) is 12.5 Å². The molecule has 0 aliphatic rings. The number of carbonyl (C=O) groups excluding carboxylic acids is 1. The van der Waals surface area contributed by atoms with Gasteiger partial charge in [-0.05, 0) is 12.5 Å². The first kappa shape index (κ1) is 12.3. The lowest BCUT2D eigenvalue weighted by Gasteiger charge is -2.07. The van der Waals surface area contributed by atoms with Gasteiger partial charge in [0, 0.05) is 24.5 Å². The van der Waals surface area contributed by atoms with Crippen molar-refractivity contribution in [3.8, 4) is 0 Å². The van der Waals surface area contributed by atoms with Gasteiger partial charge in [-0.2, -0.15) is 0 Å². The molecular weight excluding hydrogens is 206 g/mol. The monoisotopic (exact) mass is 223 g/mol. The van der Waals surface area contributed by atoms with Crippen molar-refractivity contribution in [3.05, 3.63) is 18.3 Å². The molecule has 0 fully saturated rings. The lowest BCUT2D eigenvalue weighted by molar-refractivity contribution is -0.119. The Labute approximate surface area is 94.6 Å². The molecule has 1 aromatic rings. The quantitative estimate of drug-likeness (QED) is 0.411. The van der Waals surface area contributed by atoms with Crippen LogP contribution in [0.5, 0.6) is 0 Å². The van der Waals surface area contributed by atoms with Gasteiger partial charge < -0.3 is 16.1 Å². The van der Waals surface area contributed by atoms with Gasteiger partial charge in [-0.3, -0.25) is 4.79 Å². The number of nitrogens with two attached hydrogens (primary N) is 1. The molecule has 0 atom stereocenters. The Morgan fingerprint density at radius 2 is 2.38 bits per heavy atom. The summed E-state index contributed by atoms with van der Waals surface area (Å²) in [6.07, 6.45) is 2.55. The van der Waals surface area contributed by atoms with Gasteiger partial charge in [0.1, 0.15) is 5.82 Å². The standard InChI is InChI=1S/C10H17N5O/c1-2-4-13-10(16)7-14-8-3-5-12-9(6-8)15-11/h3,5-6H,2,4,7,11H2,1H3,(H,13,16)(H2,12,14,15). The predicted molar refractivity (Wildman–Crippen MR) is 63.8 cm³/mol. The van der Waals surface area contributed by atoms with Gasteiger partial charge in [-0.25, -0.2) is 10.8 Å². The second-order valence-corrected chi connectivity index (χ2v) is 3.28. The summed E-state index contributed by atoms with van der Waals surface area (Å²) in [5.74, 6) is 5.75. The van der Waals surface area contributed by atoms with Crippen LogP contribution in [0.25, 0.3) is 0 Å². The Morgan fingerprint density at radius 1 is 1.56 bits per heavy atom. The molecule has 0 bridgehead atoms. The third kappa shape index (κ3) is 4.14. The van der Waals surface area contributed by atoms with Crippen molar-refractivity contribution in [2.75, 3.05) is 23.8 Å². The van der Waals surface area contributed by atoms with E-state index >= 15 is 0 Å². The molecule has 1 amide bonds. The number of carbonyl (C=O) groups is 1. The fourth-order valence-corrected chi connectivity index (χ4v) is 1.13. The largest absolute Gasteiger partial charge is 0.376 e. The zero-order valence-electron chi connectivity index (χ0n) is 9.29. The predicted octanol–water partition coefficient (Wildman–Crippen LogP) is 0.305. The zero-order chi connectivity index (χ0) is 11.8. The Balaban J connectivity index is 2.38. The first-order valence-corrected chi connectivity index (χ1v) is 5.19. The smallest absolute Gasteiger partial charge is 0.239 e. The molecule has 6 nitrogen and oxygen atoms in total. The highest BCUT2D eigenvalue weighted by molar-refractivity contribution is 5.80. The molecule has 1 rings (SSSR count). The summed E-state index contributed by atoms with van der Waals surface area (Å²) < 4.78 is 0. The summed E-state index contributed by atoms with van der Waals surface area (Å²) in [6, 6.07) is 3.50. The summed E-state index contributed by atoms with van der Waals surface area (Å²) >= 11 is 0. The van der Waals surface area contributed by atoms with E-state index in [1.807, 2.05) is 6.92 Å². The molecule has 88 valence electrons. The number of aromatic nitrogens is 1. The van der Waals surface area contributed by atoms with E-state index in [4.69, 9.17) is 5.84 Å². The van der Waals surface area contributed by atoms with E-state index in [1.54, 1.807) is 18.3 Å². The van der Waals surface area contributed by atoms with Gasteiger partial charge >= 0.3 is 0 Å². The number of nitrogen functional groups attached to an aromatic ring is 1. The molecule has 0 unspecified atom stereocenters. The molecule has 6 heteroatoms. The molecular formula is C10H17N5O. The van der Waals surface area contributed by atoms with E-state index in [2.05, 4.69) is 21.0 Å². The van der Waals surface area contributed by atoms with Crippen LogP contribution in [0.4, 0.5) is 11.5 Å². The topological polar surface area (TPSA) is 92.1 Å². The Morgan fingerprint density at radius 3 is 3.06 bits per heavy atom. The van der Waals surface area contributed by atoms with Crippen LogP contribution in [0, 0.1) is 0 Å². The van der Waals surface area contributed by atoms with Crippen LogP contribution >= 0.6 is 0 Å². The van der Waals surface area contributed by atoms with E-state index in [9.17, 15) is 4.79 Å². The van der Waals surface area contributed by atoms with Crippen LogP contribution in [0.2, 0.25) is 0 Å². The second-order valence-electron chi connectivity index (χ2n) is 3.28. The molecule has 5 N–H and O–H groups in total. The molecule has 0 aromatic carbocycles. The first-order valence-electron chi connectivity index (χ1n) is 5.19. The molecule has 0 spiro atoms. The molecule has 0 radical (unpaired) electrons. The first-order chi connectivity index (χ1) is 7.76. The normalized spacial score (nSPS) is 9.62. The van der Waals surface area contributed by atoms with Gasteiger partial charge in [0.25, 0.3) is 0 Å². The minimum Gasteiger partial charge on any atom is -0.376 e. The van der Waals surface area contributed by atoms with E-state index < -0.39 is 0 Å². The molecule has 16 heavy (non-hydrogen) atoms. The molecule has 1 aromatic heterocycles. The van der Waals surface area contributed by atoms with Crippen LogP contribution in [0.1, 0.15) is 13.3 Å². The highest BCUT2D eigenvalue weighted by atomic mass is 16.1. The highest BCUT2D eigenvalue weighted by Crippen LogP contribution is 2.09. The number of amides is 1. The van der Waals surface area contributed by atoms with Gasteiger partial charge in [0.05, 0.1) is 6.54 Å². The minimum atomic E-state index is -0.0269. The number of pyridine rings is 1. The number of rotatable bonds is 6. The SMILES string of the molecule is CCCNC(=O)CNc1ccnc(NN)c1. The fraction of sp³-hybridized carbons (Fsp3) is 0.400. The van der Waals surface area contributed by atoms with Crippen LogP contribution in [-0.2, 0) is 4.79 Å². The number of nitrogens with zero attached hydrogens (tertiary/aromatic N) is 1. The molecule has 0 aliphatic carbocycles. The summed E-state index contributed by atoms with van der Waals surface area (Å²) in [4.78, 5) is 15.3. The maximum absolute atomic E-state index is 11.3. The van der Waals surface area contributed by atoms with Crippen molar-refractivity contribution in [3.63, 3.8) is 0 Å². The second kappa shape index (κ2) is 6.62. The van der Waals surface area contributed by atoms with E-state index in [0.29, 0.717) is 12.4 Å². The summed E-state index contributed by atoms with van der Waals surface area (Å²) in [6.45, 7) is 2.95. The van der Waals surface area contributed by atoms with Crippen molar-refractivity contribution >= 4 is 17.4 Å². The molecule has 0 saturated heterocycles. The number of hydrogen-bond donors (Lipinski definition) is 4. The van der Waals surface area contributed by atoms with Crippen LogP contribution in [0.15, 0.2) is 18.3 Å². The van der Waals surface area contributed by atoms with Crippen molar-refractivity contribution < 1.29 is 4.79 Å². The molecule has 0 aliphatic heterocycles. The van der Waals surface area contributed by atoms with Gasteiger partial charge in [0.15, 0.2) is 0 Å². The summed E-state index contributed by atoms with van der Waals surface area (Å²) in [7, 11) is 0. The van der Waals surface area contributed by atoms with Gasteiger partial charge in [0.2, 0.25) is 5.91 Å². The Hall–Kier alpha value is -1.82. The number of anilines is 2. The lowest BCUT2D eigenvalue weighted by atomic mass is 10.3. The van der Waals surface area contributed by atoms with Crippen molar-refractivity contribution in [2.24, 2.45) is 5.84 Å². The average molecular weight is 223 g/mol. The van der Waals surface area contributed by atoms with Crippen LogP contribution in [0.3, 0.4) is 0 Å². The lowest BCUT2D eigenvalue weighted by Crippen LogP contribution is -2.30. The number of hydrogen-bond acceptors (Lipinski definition) is 5. The maximum atomic E-state index is 11.3. The third-order valence-corrected chi connectivity index (χ3v) is 1.93. The Bertz CT molecular complexity index is 342. The van der Waals surface area contributed by atoms with Crippen molar-refractivity contribution in [2.45, 2.75) is 13.3 Å². The van der Waals surface area contributed by atoms with E-state index in [1.165, 1.54) is 0 Å². The van der Waals surface area contributed by atoms with Crippen molar-refractivity contribution in [1.29, 1.82) is 0 Å². The summed E-state index contributed by atoms with van der Waals surface area (Å²) in [5.41, 5.74) is 3.24. The average Bonchev–Trinajstić information content (AvgIpc) is 2.34. The van der Waals surface area contributed by atoms with Crippen LogP contribution in [-0.4, -0.2) is 24.0 Å². The molecule has 0 saturated carbocycles. The van der Waals surface area contributed by atoms with Crippen molar-refractivity contribution in [1.82, 2.24) is 10.3 Å². The van der Waals surface area contributed by atoms with Gasteiger partial charge in [-0.15, -0.1) is 0 Å². The fourth-order valence-electron chi connectivity index (χ4n) is 1.13.